The van der Waals surface area contributed by atoms with Gasteiger partial charge in [0.1, 0.15) is 11.6 Å². The lowest BCUT2D eigenvalue weighted by Gasteiger charge is -2.18. The lowest BCUT2D eigenvalue weighted by atomic mass is 10.2. The second kappa shape index (κ2) is 13.9. The molecule has 6 nitrogen and oxygen atoms in total. The van der Waals surface area contributed by atoms with Crippen molar-refractivity contribution in [2.45, 2.75) is 39.5 Å². The Morgan fingerprint density at radius 2 is 2.04 bits per heavy atom. The van der Waals surface area contributed by atoms with Crippen LogP contribution in [0.15, 0.2) is 36.3 Å². The maximum absolute atomic E-state index is 12.2. The van der Waals surface area contributed by atoms with Gasteiger partial charge >= 0.3 is 0 Å². The Labute approximate surface area is 156 Å². The van der Waals surface area contributed by atoms with Gasteiger partial charge in [0.15, 0.2) is 0 Å². The van der Waals surface area contributed by atoms with Gasteiger partial charge in [-0.15, -0.1) is 0 Å². The predicted molar refractivity (Wildman–Crippen MR) is 102 cm³/mol. The highest BCUT2D eigenvalue weighted by molar-refractivity contribution is 5.97. The summed E-state index contributed by atoms with van der Waals surface area (Å²) in [4.78, 5) is 18.1. The van der Waals surface area contributed by atoms with Crippen LogP contribution in [0.1, 0.15) is 38.7 Å². The van der Waals surface area contributed by atoms with E-state index in [4.69, 9.17) is 4.74 Å². The summed E-state index contributed by atoms with van der Waals surface area (Å²) in [6.45, 7) is 7.49. The van der Waals surface area contributed by atoms with Crippen molar-refractivity contribution < 1.29 is 9.53 Å². The Morgan fingerprint density at radius 1 is 1.31 bits per heavy atom. The lowest BCUT2D eigenvalue weighted by molar-refractivity contribution is -0.117. The van der Waals surface area contributed by atoms with E-state index in [0.29, 0.717) is 13.2 Å². The smallest absolute Gasteiger partial charge is 0.263 e. The number of nitrogens with one attached hydrogen (secondary N) is 1. The fourth-order valence-electron chi connectivity index (χ4n) is 2.28. The van der Waals surface area contributed by atoms with Crippen LogP contribution < -0.4 is 5.32 Å². The van der Waals surface area contributed by atoms with Crippen LogP contribution in [-0.2, 0) is 16.0 Å². The fraction of sp³-hybridized carbons (Fsp3) is 0.550. The van der Waals surface area contributed by atoms with Gasteiger partial charge < -0.3 is 15.0 Å². The van der Waals surface area contributed by atoms with E-state index in [-0.39, 0.29) is 11.5 Å². The third-order valence-electron chi connectivity index (χ3n) is 3.91. The van der Waals surface area contributed by atoms with Gasteiger partial charge in [0.2, 0.25) is 0 Å². The molecule has 1 rings (SSSR count). The van der Waals surface area contributed by atoms with Crippen LogP contribution in [0.25, 0.3) is 0 Å². The predicted octanol–water partition coefficient (Wildman–Crippen LogP) is 2.68. The topological polar surface area (TPSA) is 78.2 Å². The largest absolute Gasteiger partial charge is 0.381 e. The first kappa shape index (κ1) is 21.7. The zero-order valence-corrected chi connectivity index (χ0v) is 15.9. The molecule has 0 radical (unpaired) electrons. The molecule has 6 heteroatoms. The first-order valence-electron chi connectivity index (χ1n) is 9.32. The van der Waals surface area contributed by atoms with Gasteiger partial charge in [-0.25, -0.2) is 0 Å². The molecule has 1 N–H and O–H groups in total. The number of pyridine rings is 1. The molecule has 0 bridgehead atoms. The zero-order valence-electron chi connectivity index (χ0n) is 15.9. The molecule has 1 heterocycles. The maximum Gasteiger partial charge on any atom is 0.263 e. The highest BCUT2D eigenvalue weighted by Gasteiger charge is 2.10. The minimum atomic E-state index is -0.330. The number of hydrogen-bond acceptors (Lipinski definition) is 5. The van der Waals surface area contributed by atoms with E-state index in [1.54, 1.807) is 18.6 Å². The van der Waals surface area contributed by atoms with Crippen molar-refractivity contribution in [3.05, 3.63) is 41.9 Å². The fourth-order valence-corrected chi connectivity index (χ4v) is 2.28. The number of nitrogens with zero attached hydrogens (tertiary/aromatic N) is 3. The Morgan fingerprint density at radius 3 is 2.69 bits per heavy atom. The van der Waals surface area contributed by atoms with Crippen LogP contribution in [0.4, 0.5) is 0 Å². The molecule has 0 saturated heterocycles. The highest BCUT2D eigenvalue weighted by atomic mass is 16.5. The molecule has 0 aliphatic heterocycles. The maximum atomic E-state index is 12.2. The summed E-state index contributed by atoms with van der Waals surface area (Å²) in [6, 6.07) is 5.94. The standard InChI is InChI=1S/C20H30N4O2/c1-3-5-14-26-15-6-10-23-20(25)19(16-21)17-24(4-2)13-9-18-7-11-22-12-8-18/h7-8,11-12,17H,3-6,9-10,13-15H2,1-2H3,(H,23,25)/b19-17-. The number of carbonyl (C=O) groups is 1. The first-order chi connectivity index (χ1) is 12.7. The summed E-state index contributed by atoms with van der Waals surface area (Å²) < 4.78 is 5.46. The molecule has 142 valence electrons. The van der Waals surface area contributed by atoms with E-state index in [0.717, 1.165) is 45.4 Å². The third kappa shape index (κ3) is 9.19. The van der Waals surface area contributed by atoms with Crippen LogP contribution >= 0.6 is 0 Å². The van der Waals surface area contributed by atoms with Gasteiger partial charge in [0.05, 0.1) is 0 Å². The number of ether oxygens (including phenoxy) is 1. The number of unbranched alkanes of at least 4 members (excludes halogenated alkanes) is 1. The number of carbonyl (C=O) groups excluding carboxylic acids is 1. The summed E-state index contributed by atoms with van der Waals surface area (Å²) in [6.07, 6.45) is 8.93. The van der Waals surface area contributed by atoms with E-state index >= 15 is 0 Å². The lowest BCUT2D eigenvalue weighted by Crippen LogP contribution is -2.28. The molecule has 0 aliphatic carbocycles. The number of amides is 1. The number of rotatable bonds is 13. The van der Waals surface area contributed by atoms with Gasteiger partial charge in [-0.2, -0.15) is 5.26 Å². The van der Waals surface area contributed by atoms with Crippen molar-refractivity contribution in [2.75, 3.05) is 32.8 Å². The SMILES string of the molecule is CCCCOCCCNC(=O)/C(C#N)=C\N(CC)CCc1ccncc1. The second-order valence-electron chi connectivity index (χ2n) is 5.96. The van der Waals surface area contributed by atoms with Gasteiger partial charge in [0.25, 0.3) is 5.91 Å². The molecule has 0 spiro atoms. The molecule has 0 unspecified atom stereocenters. The normalized spacial score (nSPS) is 11.0. The van der Waals surface area contributed by atoms with Gasteiger partial charge in [-0.3, -0.25) is 9.78 Å². The van der Waals surface area contributed by atoms with E-state index in [1.165, 1.54) is 5.56 Å². The molecular weight excluding hydrogens is 328 g/mol. The number of nitriles is 1. The number of hydrogen-bond donors (Lipinski definition) is 1. The van der Waals surface area contributed by atoms with Gasteiger partial charge in [-0.1, -0.05) is 13.3 Å². The first-order valence-corrected chi connectivity index (χ1v) is 9.32. The Bertz CT molecular complexity index is 581. The number of likely N-dealkylation sites (N-methyl/N-ethyl adjacent to an activating group) is 1. The van der Waals surface area contributed by atoms with Gasteiger partial charge in [0, 0.05) is 51.4 Å². The quantitative estimate of drug-likeness (QED) is 0.333. The number of aromatic nitrogens is 1. The van der Waals surface area contributed by atoms with Crippen molar-refractivity contribution in [3.8, 4) is 6.07 Å². The summed E-state index contributed by atoms with van der Waals surface area (Å²) in [7, 11) is 0. The van der Waals surface area contributed by atoms with Gasteiger partial charge in [-0.05, 0) is 43.9 Å². The van der Waals surface area contributed by atoms with E-state index in [2.05, 4.69) is 17.2 Å². The minimum Gasteiger partial charge on any atom is -0.381 e. The molecule has 0 aliphatic rings. The van der Waals surface area contributed by atoms with Crippen molar-refractivity contribution >= 4 is 5.91 Å². The Kier molecular flexibility index (Phi) is 11.5. The summed E-state index contributed by atoms with van der Waals surface area (Å²) >= 11 is 0. The third-order valence-corrected chi connectivity index (χ3v) is 3.91. The van der Waals surface area contributed by atoms with E-state index in [9.17, 15) is 10.1 Å². The monoisotopic (exact) mass is 358 g/mol. The van der Waals surface area contributed by atoms with Crippen molar-refractivity contribution in [1.82, 2.24) is 15.2 Å². The molecule has 1 amide bonds. The Balaban J connectivity index is 2.40. The molecule has 26 heavy (non-hydrogen) atoms. The molecule has 0 fully saturated rings. The van der Waals surface area contributed by atoms with Crippen molar-refractivity contribution in [1.29, 1.82) is 5.26 Å². The Hall–Kier alpha value is -2.39. The van der Waals surface area contributed by atoms with Crippen molar-refractivity contribution in [2.24, 2.45) is 0 Å². The molecule has 1 aromatic heterocycles. The van der Waals surface area contributed by atoms with Crippen LogP contribution in [0.3, 0.4) is 0 Å². The zero-order chi connectivity index (χ0) is 19.0. The molecule has 1 aromatic rings. The van der Waals surface area contributed by atoms with Crippen LogP contribution in [0.2, 0.25) is 0 Å². The summed E-state index contributed by atoms with van der Waals surface area (Å²) in [5.74, 6) is -0.330. The van der Waals surface area contributed by atoms with E-state index in [1.807, 2.05) is 30.0 Å². The van der Waals surface area contributed by atoms with Crippen LogP contribution in [0, 0.1) is 11.3 Å². The molecule has 0 atom stereocenters. The summed E-state index contributed by atoms with van der Waals surface area (Å²) in [5, 5.41) is 12.1. The van der Waals surface area contributed by atoms with E-state index < -0.39 is 0 Å². The second-order valence-corrected chi connectivity index (χ2v) is 5.96. The average molecular weight is 358 g/mol. The highest BCUT2D eigenvalue weighted by Crippen LogP contribution is 2.03. The molecule has 0 aromatic carbocycles. The minimum absolute atomic E-state index is 0.133. The molecular formula is C20H30N4O2. The summed E-state index contributed by atoms with van der Waals surface area (Å²) in [5.41, 5.74) is 1.31. The van der Waals surface area contributed by atoms with Crippen molar-refractivity contribution in [3.63, 3.8) is 0 Å². The molecule has 0 saturated carbocycles. The average Bonchev–Trinajstić information content (AvgIpc) is 2.68. The van der Waals surface area contributed by atoms with Crippen LogP contribution in [-0.4, -0.2) is 48.6 Å². The van der Waals surface area contributed by atoms with Crippen LogP contribution in [0.5, 0.6) is 0 Å².